The third-order valence-electron chi connectivity index (χ3n) is 2.94. The van der Waals surface area contributed by atoms with Crippen molar-refractivity contribution in [3.8, 4) is 23.0 Å². The maximum absolute atomic E-state index is 11.3. The van der Waals surface area contributed by atoms with Crippen LogP contribution in [0.4, 0.5) is 0 Å². The van der Waals surface area contributed by atoms with E-state index in [-0.39, 0.29) is 11.8 Å². The number of aromatic nitrogens is 6. The van der Waals surface area contributed by atoms with E-state index in [0.29, 0.717) is 5.69 Å². The molecule has 0 amide bonds. The summed E-state index contributed by atoms with van der Waals surface area (Å²) in [7, 11) is 2.87. The van der Waals surface area contributed by atoms with Crippen LogP contribution in [0, 0.1) is 0 Å². The predicted octanol–water partition coefficient (Wildman–Crippen LogP) is 0.848. The summed E-state index contributed by atoms with van der Waals surface area (Å²) in [4.78, 5) is 15.3. The second kappa shape index (κ2) is 5.64. The van der Waals surface area contributed by atoms with E-state index in [2.05, 4.69) is 30.2 Å². The molecule has 112 valence electrons. The van der Waals surface area contributed by atoms with Crippen molar-refractivity contribution < 1.29 is 14.3 Å². The second-order valence-corrected chi connectivity index (χ2v) is 4.25. The average Bonchev–Trinajstić information content (AvgIpc) is 3.23. The molecule has 2 heterocycles. The number of methoxy groups -OCH3 is 2. The van der Waals surface area contributed by atoms with Gasteiger partial charge in [-0.05, 0) is 24.3 Å². The summed E-state index contributed by atoms with van der Waals surface area (Å²) < 4.78 is 11.0. The van der Waals surface area contributed by atoms with Crippen LogP contribution in [0.15, 0.2) is 30.5 Å². The maximum atomic E-state index is 11.3. The Morgan fingerprint density at radius 2 is 2.00 bits per heavy atom. The number of carbonyl (C=O) groups is 1. The van der Waals surface area contributed by atoms with Crippen LogP contribution in [0.3, 0.4) is 0 Å². The highest BCUT2D eigenvalue weighted by Crippen LogP contribution is 2.20. The molecule has 0 aliphatic rings. The third kappa shape index (κ3) is 2.51. The monoisotopic (exact) mass is 300 g/mol. The van der Waals surface area contributed by atoms with Crippen LogP contribution in [0.5, 0.6) is 5.75 Å². The molecule has 3 rings (SSSR count). The van der Waals surface area contributed by atoms with Crippen molar-refractivity contribution in [2.45, 2.75) is 0 Å². The molecule has 1 N–H and O–H groups in total. The van der Waals surface area contributed by atoms with Gasteiger partial charge >= 0.3 is 5.97 Å². The Morgan fingerprint density at radius 3 is 2.68 bits per heavy atom. The minimum absolute atomic E-state index is 0.000928. The van der Waals surface area contributed by atoms with Crippen LogP contribution >= 0.6 is 0 Å². The number of ether oxygens (including phenoxy) is 2. The number of nitrogens with zero attached hydrogens (tertiary/aromatic N) is 5. The van der Waals surface area contributed by atoms with Crippen LogP contribution in [0.2, 0.25) is 0 Å². The number of hydrogen-bond acceptors (Lipinski definition) is 7. The van der Waals surface area contributed by atoms with Crippen LogP contribution in [-0.2, 0) is 4.74 Å². The molecule has 0 aliphatic heterocycles. The zero-order chi connectivity index (χ0) is 15.5. The van der Waals surface area contributed by atoms with E-state index in [0.717, 1.165) is 11.3 Å². The minimum atomic E-state index is -0.603. The molecule has 0 aliphatic carbocycles. The van der Waals surface area contributed by atoms with Gasteiger partial charge in [0.25, 0.3) is 5.95 Å². The van der Waals surface area contributed by atoms with E-state index in [1.807, 2.05) is 24.3 Å². The normalized spacial score (nSPS) is 10.5. The first-order chi connectivity index (χ1) is 10.7. The van der Waals surface area contributed by atoms with Gasteiger partial charge in [-0.3, -0.25) is 5.10 Å². The molecule has 0 radical (unpaired) electrons. The number of hydrogen-bond donors (Lipinski definition) is 1. The van der Waals surface area contributed by atoms with Crippen LogP contribution in [-0.4, -0.2) is 50.4 Å². The Bertz CT molecular complexity index is 792. The highest BCUT2D eigenvalue weighted by molar-refractivity contribution is 5.85. The van der Waals surface area contributed by atoms with Gasteiger partial charge in [0, 0.05) is 5.56 Å². The van der Waals surface area contributed by atoms with Crippen molar-refractivity contribution in [1.29, 1.82) is 0 Å². The Kier molecular flexibility index (Phi) is 3.52. The number of aromatic amines is 1. The van der Waals surface area contributed by atoms with Crippen molar-refractivity contribution in [3.63, 3.8) is 0 Å². The van der Waals surface area contributed by atoms with Crippen molar-refractivity contribution in [3.05, 3.63) is 36.3 Å². The second-order valence-electron chi connectivity index (χ2n) is 4.25. The van der Waals surface area contributed by atoms with Crippen LogP contribution in [0.25, 0.3) is 17.2 Å². The Morgan fingerprint density at radius 1 is 1.23 bits per heavy atom. The first kappa shape index (κ1) is 13.7. The highest BCUT2D eigenvalue weighted by atomic mass is 16.5. The van der Waals surface area contributed by atoms with Crippen molar-refractivity contribution in [2.24, 2.45) is 0 Å². The molecule has 0 unspecified atom stereocenters. The average molecular weight is 300 g/mol. The topological polar surface area (TPSA) is 108 Å². The van der Waals surface area contributed by atoms with Crippen molar-refractivity contribution >= 4 is 5.97 Å². The number of carbonyl (C=O) groups excluding carboxylic acids is 1. The molecule has 0 bridgehead atoms. The molecule has 0 saturated heterocycles. The third-order valence-corrected chi connectivity index (χ3v) is 2.94. The maximum Gasteiger partial charge on any atom is 0.375 e. The van der Waals surface area contributed by atoms with Crippen LogP contribution in [0.1, 0.15) is 10.6 Å². The lowest BCUT2D eigenvalue weighted by Gasteiger charge is -1.99. The fourth-order valence-electron chi connectivity index (χ4n) is 1.80. The first-order valence-electron chi connectivity index (χ1n) is 6.29. The number of rotatable bonds is 4. The number of H-pyrrole nitrogens is 1. The lowest BCUT2D eigenvalue weighted by Crippen LogP contribution is -2.04. The predicted molar refractivity (Wildman–Crippen MR) is 74.6 cm³/mol. The standard InChI is InChI=1S/C13H12N6O3/c1-21-9-5-3-8(4-6-9)10-7-19(18-15-10)13-14-11(16-17-13)12(20)22-2/h3-7H,1-2H3,(H,14,16,17). The Balaban J connectivity index is 1.86. The zero-order valence-corrected chi connectivity index (χ0v) is 11.8. The van der Waals surface area contributed by atoms with Crippen molar-refractivity contribution in [2.75, 3.05) is 14.2 Å². The molecule has 1 aromatic carbocycles. The summed E-state index contributed by atoms with van der Waals surface area (Å²) in [5, 5.41) is 14.4. The van der Waals surface area contributed by atoms with Gasteiger partial charge in [-0.25, -0.2) is 4.79 Å². The molecule has 22 heavy (non-hydrogen) atoms. The number of nitrogens with one attached hydrogen (secondary N) is 1. The van der Waals surface area contributed by atoms with Gasteiger partial charge in [-0.2, -0.15) is 9.67 Å². The minimum Gasteiger partial charge on any atom is -0.497 e. The lowest BCUT2D eigenvalue weighted by molar-refractivity contribution is 0.0587. The Labute approximate surface area is 124 Å². The van der Waals surface area contributed by atoms with Gasteiger partial charge in [0.2, 0.25) is 5.82 Å². The van der Waals surface area contributed by atoms with Gasteiger partial charge in [0.15, 0.2) is 0 Å². The van der Waals surface area contributed by atoms with E-state index in [1.54, 1.807) is 13.3 Å². The summed E-state index contributed by atoms with van der Waals surface area (Å²) in [5.74, 6) is 0.355. The summed E-state index contributed by atoms with van der Waals surface area (Å²) in [5.41, 5.74) is 1.52. The molecule has 0 atom stereocenters. The fraction of sp³-hybridized carbons (Fsp3) is 0.154. The summed E-state index contributed by atoms with van der Waals surface area (Å²) in [6.07, 6.45) is 1.66. The molecule has 2 aromatic heterocycles. The highest BCUT2D eigenvalue weighted by Gasteiger charge is 2.14. The van der Waals surface area contributed by atoms with Gasteiger partial charge in [-0.15, -0.1) is 10.2 Å². The quantitative estimate of drug-likeness (QED) is 0.711. The molecule has 9 nitrogen and oxygen atoms in total. The summed E-state index contributed by atoms with van der Waals surface area (Å²) >= 11 is 0. The fourth-order valence-corrected chi connectivity index (χ4v) is 1.80. The van der Waals surface area contributed by atoms with Crippen molar-refractivity contribution in [1.82, 2.24) is 30.2 Å². The largest absolute Gasteiger partial charge is 0.497 e. The van der Waals surface area contributed by atoms with E-state index < -0.39 is 5.97 Å². The van der Waals surface area contributed by atoms with Gasteiger partial charge < -0.3 is 9.47 Å². The SMILES string of the molecule is COC(=O)c1nc(-n2cc(-c3ccc(OC)cc3)nn2)n[nH]1. The first-order valence-corrected chi connectivity index (χ1v) is 6.29. The molecular weight excluding hydrogens is 288 g/mol. The summed E-state index contributed by atoms with van der Waals surface area (Å²) in [6.45, 7) is 0. The molecule has 0 fully saturated rings. The molecule has 3 aromatic rings. The smallest absolute Gasteiger partial charge is 0.375 e. The molecule has 0 saturated carbocycles. The van der Waals surface area contributed by atoms with Crippen LogP contribution < -0.4 is 4.74 Å². The Hall–Kier alpha value is -3.23. The number of esters is 1. The summed E-state index contributed by atoms with van der Waals surface area (Å²) in [6, 6.07) is 7.39. The van der Waals surface area contributed by atoms with E-state index in [4.69, 9.17) is 4.74 Å². The lowest BCUT2D eigenvalue weighted by atomic mass is 10.2. The van der Waals surface area contributed by atoms with Gasteiger partial charge in [0.05, 0.1) is 20.4 Å². The van der Waals surface area contributed by atoms with Gasteiger partial charge in [-0.1, -0.05) is 5.21 Å². The van der Waals surface area contributed by atoms with E-state index in [1.165, 1.54) is 11.8 Å². The van der Waals surface area contributed by atoms with Gasteiger partial charge in [0.1, 0.15) is 11.4 Å². The molecular formula is C13H12N6O3. The number of benzene rings is 1. The van der Waals surface area contributed by atoms with E-state index >= 15 is 0 Å². The molecule has 0 spiro atoms. The zero-order valence-electron chi connectivity index (χ0n) is 11.8. The molecule has 9 heteroatoms. The van der Waals surface area contributed by atoms with E-state index in [9.17, 15) is 4.79 Å².